The Morgan fingerprint density at radius 1 is 1.19 bits per heavy atom. The van der Waals surface area contributed by atoms with Crippen molar-refractivity contribution in [3.63, 3.8) is 0 Å². The molecule has 0 spiro atoms. The number of alkyl halides is 1. The Hall–Kier alpha value is -3.02. The van der Waals surface area contributed by atoms with E-state index >= 15 is 0 Å². The van der Waals surface area contributed by atoms with E-state index in [1.807, 2.05) is 30.5 Å². The topological polar surface area (TPSA) is 86.1 Å². The number of sulfonamides is 1. The van der Waals surface area contributed by atoms with Crippen LogP contribution in [0.2, 0.25) is 0 Å². The lowest BCUT2D eigenvalue weighted by Gasteiger charge is -2.32. The lowest BCUT2D eigenvalue weighted by atomic mass is 9.96. The highest BCUT2D eigenvalue weighted by molar-refractivity contribution is 7.89. The summed E-state index contributed by atoms with van der Waals surface area (Å²) in [5, 5.41) is 14.9. The quantitative estimate of drug-likeness (QED) is 0.596. The Balaban J connectivity index is 1.65. The Labute approximate surface area is 187 Å². The van der Waals surface area contributed by atoms with E-state index in [0.717, 1.165) is 40.4 Å². The van der Waals surface area contributed by atoms with Gasteiger partial charge in [0, 0.05) is 48.2 Å². The van der Waals surface area contributed by atoms with E-state index in [1.165, 1.54) is 0 Å². The van der Waals surface area contributed by atoms with Crippen LogP contribution in [0.1, 0.15) is 30.9 Å². The van der Waals surface area contributed by atoms with Crippen molar-refractivity contribution in [2.24, 2.45) is 0 Å². The fraction of sp³-hybridized carbons (Fsp3) is 0.333. The van der Waals surface area contributed by atoms with Crippen molar-refractivity contribution >= 4 is 26.5 Å². The predicted molar refractivity (Wildman–Crippen MR) is 124 cm³/mol. The van der Waals surface area contributed by atoms with Crippen LogP contribution in [0.5, 0.6) is 0 Å². The maximum Gasteiger partial charge on any atom is 0.213 e. The molecular weight excluding hydrogens is 427 g/mol. The van der Waals surface area contributed by atoms with Gasteiger partial charge in [-0.3, -0.25) is 4.98 Å². The monoisotopic (exact) mass is 452 g/mol. The predicted octanol–water partition coefficient (Wildman–Crippen LogP) is 4.47. The van der Waals surface area contributed by atoms with E-state index in [4.69, 9.17) is 0 Å². The molecule has 1 aliphatic rings. The zero-order valence-electron chi connectivity index (χ0n) is 17.9. The third-order valence-corrected chi connectivity index (χ3v) is 7.92. The summed E-state index contributed by atoms with van der Waals surface area (Å²) in [7, 11) is -3.16. The summed E-state index contributed by atoms with van der Waals surface area (Å²) in [5.74, 6) is 0.120. The Bertz CT molecular complexity index is 1280. The second-order valence-corrected chi connectivity index (χ2v) is 10.2. The number of piperidine rings is 1. The van der Waals surface area contributed by atoms with Gasteiger partial charge in [-0.25, -0.2) is 17.1 Å². The number of hydrogen-bond donors (Lipinski definition) is 1. The Morgan fingerprint density at radius 2 is 1.97 bits per heavy atom. The van der Waals surface area contributed by atoms with E-state index < -0.39 is 16.7 Å². The van der Waals surface area contributed by atoms with Crippen LogP contribution in [0, 0.1) is 11.3 Å². The van der Waals surface area contributed by atoms with Gasteiger partial charge in [0.15, 0.2) is 0 Å². The molecule has 32 heavy (non-hydrogen) atoms. The molecule has 1 saturated heterocycles. The first kappa shape index (κ1) is 22.2. The van der Waals surface area contributed by atoms with E-state index in [0.29, 0.717) is 24.2 Å². The number of benzene rings is 2. The maximum atomic E-state index is 13.2. The van der Waals surface area contributed by atoms with Gasteiger partial charge in [0.1, 0.15) is 6.67 Å². The molecular formula is C24H25FN4O2S. The minimum Gasteiger partial charge on any atom is -0.382 e. The summed E-state index contributed by atoms with van der Waals surface area (Å²) >= 11 is 0. The van der Waals surface area contributed by atoms with Crippen LogP contribution < -0.4 is 5.32 Å². The number of hydrogen-bond acceptors (Lipinski definition) is 5. The van der Waals surface area contributed by atoms with Gasteiger partial charge in [-0.1, -0.05) is 12.1 Å². The molecule has 1 aromatic heterocycles. The summed E-state index contributed by atoms with van der Waals surface area (Å²) in [4.78, 5) is 4.26. The van der Waals surface area contributed by atoms with Crippen LogP contribution in [0.25, 0.3) is 21.9 Å². The number of pyridine rings is 1. The molecule has 2 heterocycles. The molecule has 6 nitrogen and oxygen atoms in total. The fourth-order valence-corrected chi connectivity index (χ4v) is 5.27. The second kappa shape index (κ2) is 9.23. The first-order valence-corrected chi connectivity index (χ1v) is 12.3. The van der Waals surface area contributed by atoms with Crippen LogP contribution in [0.4, 0.5) is 10.1 Å². The summed E-state index contributed by atoms with van der Waals surface area (Å²) < 4.78 is 39.0. The largest absolute Gasteiger partial charge is 0.382 e. The number of nitriles is 1. The van der Waals surface area contributed by atoms with Crippen LogP contribution in [0.15, 0.2) is 48.8 Å². The van der Waals surface area contributed by atoms with Gasteiger partial charge in [0.2, 0.25) is 10.0 Å². The normalized spacial score (nSPS) is 15.5. The molecule has 0 amide bonds. The molecule has 0 saturated carbocycles. The van der Waals surface area contributed by atoms with Gasteiger partial charge in [0.25, 0.3) is 0 Å². The molecule has 1 N–H and O–H groups in total. The highest BCUT2D eigenvalue weighted by Crippen LogP contribution is 2.33. The number of halogens is 1. The molecule has 0 bridgehead atoms. The summed E-state index contributed by atoms with van der Waals surface area (Å²) in [5.41, 5.74) is 3.38. The third kappa shape index (κ3) is 4.45. The third-order valence-electron chi connectivity index (χ3n) is 6.04. The van der Waals surface area contributed by atoms with Gasteiger partial charge in [0.05, 0.1) is 17.4 Å². The molecule has 1 aliphatic heterocycles. The molecule has 0 unspecified atom stereocenters. The van der Waals surface area contributed by atoms with Gasteiger partial charge in [-0.15, -0.1) is 0 Å². The zero-order valence-corrected chi connectivity index (χ0v) is 18.7. The minimum atomic E-state index is -3.16. The van der Waals surface area contributed by atoms with Crippen molar-refractivity contribution in [3.8, 4) is 17.2 Å². The number of nitrogens with zero attached hydrogens (tertiary/aromatic N) is 3. The number of anilines is 1. The van der Waals surface area contributed by atoms with E-state index in [2.05, 4.69) is 16.4 Å². The highest BCUT2D eigenvalue weighted by atomic mass is 32.2. The standard InChI is InChI=1S/C24H25FN4O2S/c1-2-32(30,31)29-9-6-22(7-10-29)28-24-13-20(12-18-5-8-27-16-23(18)24)17-3-4-19(14-25)21(11-17)15-26/h3-5,8,11-13,16,22,28H,2,6-7,9-10,14H2,1H3. The molecule has 0 radical (unpaired) electrons. The van der Waals surface area contributed by atoms with Crippen LogP contribution in [-0.4, -0.2) is 42.6 Å². The molecule has 166 valence electrons. The number of fused-ring (bicyclic) bond motifs is 1. The van der Waals surface area contributed by atoms with Gasteiger partial charge < -0.3 is 5.32 Å². The summed E-state index contributed by atoms with van der Waals surface area (Å²) in [6.07, 6.45) is 4.98. The van der Waals surface area contributed by atoms with Crippen molar-refractivity contribution < 1.29 is 12.8 Å². The first-order chi connectivity index (χ1) is 15.4. The molecule has 4 rings (SSSR count). The SMILES string of the molecule is CCS(=O)(=O)N1CCC(Nc2cc(-c3ccc(CF)c(C#N)c3)cc3ccncc23)CC1. The second-order valence-electron chi connectivity index (χ2n) is 7.96. The van der Waals surface area contributed by atoms with E-state index in [-0.39, 0.29) is 11.8 Å². The summed E-state index contributed by atoms with van der Waals surface area (Å²) in [6, 6.07) is 13.4. The molecule has 0 aliphatic carbocycles. The molecule has 0 atom stereocenters. The molecule has 2 aromatic carbocycles. The van der Waals surface area contributed by atoms with E-state index in [1.54, 1.807) is 29.6 Å². The van der Waals surface area contributed by atoms with Gasteiger partial charge >= 0.3 is 0 Å². The van der Waals surface area contributed by atoms with Gasteiger partial charge in [-0.05, 0) is 60.5 Å². The van der Waals surface area contributed by atoms with Crippen molar-refractivity contribution in [1.82, 2.24) is 9.29 Å². The average molecular weight is 453 g/mol. The molecule has 3 aromatic rings. The number of aromatic nitrogens is 1. The average Bonchev–Trinajstić information content (AvgIpc) is 2.83. The van der Waals surface area contributed by atoms with Crippen LogP contribution in [-0.2, 0) is 16.7 Å². The molecule has 8 heteroatoms. The van der Waals surface area contributed by atoms with Crippen LogP contribution in [0.3, 0.4) is 0 Å². The summed E-state index contributed by atoms with van der Waals surface area (Å²) in [6.45, 7) is 1.99. The van der Waals surface area contributed by atoms with Gasteiger partial charge in [-0.2, -0.15) is 5.26 Å². The number of nitrogens with one attached hydrogen (secondary N) is 1. The van der Waals surface area contributed by atoms with E-state index in [9.17, 15) is 18.1 Å². The smallest absolute Gasteiger partial charge is 0.213 e. The fourth-order valence-electron chi connectivity index (χ4n) is 4.14. The Kier molecular flexibility index (Phi) is 6.40. The molecule has 1 fully saturated rings. The zero-order chi connectivity index (χ0) is 22.7. The lowest BCUT2D eigenvalue weighted by molar-refractivity contribution is 0.330. The number of rotatable bonds is 6. The van der Waals surface area contributed by atoms with Crippen molar-refractivity contribution in [1.29, 1.82) is 5.26 Å². The first-order valence-electron chi connectivity index (χ1n) is 10.7. The maximum absolute atomic E-state index is 13.2. The van der Waals surface area contributed by atoms with Crippen LogP contribution >= 0.6 is 0 Å². The highest BCUT2D eigenvalue weighted by Gasteiger charge is 2.27. The Morgan fingerprint density at radius 3 is 2.66 bits per heavy atom. The minimum absolute atomic E-state index is 0.120. The van der Waals surface area contributed by atoms with Crippen molar-refractivity contribution in [2.45, 2.75) is 32.5 Å². The van der Waals surface area contributed by atoms with Crippen molar-refractivity contribution in [2.75, 3.05) is 24.2 Å². The van der Waals surface area contributed by atoms with Crippen molar-refractivity contribution in [3.05, 3.63) is 59.9 Å². The lowest BCUT2D eigenvalue weighted by Crippen LogP contribution is -2.42.